The van der Waals surface area contributed by atoms with Crippen molar-refractivity contribution in [2.45, 2.75) is 24.7 Å². The number of nitrogens with two attached hydrogens (primary N) is 1. The molecule has 0 saturated heterocycles. The van der Waals surface area contributed by atoms with Crippen LogP contribution < -0.4 is 5.90 Å². The van der Waals surface area contributed by atoms with Crippen molar-refractivity contribution in [3.05, 3.63) is 0 Å². The number of carboxylic acid groups (broad SMARTS) is 1. The van der Waals surface area contributed by atoms with Gasteiger partial charge >= 0.3 is 5.97 Å². The van der Waals surface area contributed by atoms with E-state index in [9.17, 15) is 4.79 Å². The van der Waals surface area contributed by atoms with Crippen LogP contribution in [0, 0.1) is 0 Å². The summed E-state index contributed by atoms with van der Waals surface area (Å²) in [4.78, 5) is 14.3. The molecule has 0 saturated carbocycles. The molecule has 0 bridgehead atoms. The van der Waals surface area contributed by atoms with Crippen molar-refractivity contribution >= 4 is 5.97 Å². The van der Waals surface area contributed by atoms with Crippen LogP contribution in [0.2, 0.25) is 0 Å². The predicted octanol–water partition coefficient (Wildman–Crippen LogP) is -2.57. The Bertz CT molecular complexity index is 163. The normalized spacial score (nSPS) is 17.8. The molecule has 13 heavy (non-hydrogen) atoms. The molecule has 0 aliphatic heterocycles. The fraction of sp³-hybridized carbons (Fsp3) is 0.833. The highest BCUT2D eigenvalue weighted by molar-refractivity contribution is 5.67. The minimum atomic E-state index is -1.52. The first kappa shape index (κ1) is 12.3. The molecule has 0 aromatic rings. The van der Waals surface area contributed by atoms with Crippen LogP contribution in [0.3, 0.4) is 0 Å². The lowest BCUT2D eigenvalue weighted by Crippen LogP contribution is -2.43. The molecular formula is C6H13NO6. The van der Waals surface area contributed by atoms with Crippen molar-refractivity contribution < 1.29 is 30.1 Å². The standard InChI is InChI=1S/C6H13NO6/c7-13-4(1-5(10)11)6(12)3(9)2-8/h3-4,6,8-9,12H,1-2,7H2,(H,10,11)/t3-,4+,6+/m1/s1. The third-order valence-electron chi connectivity index (χ3n) is 1.51. The molecule has 0 unspecified atom stereocenters. The van der Waals surface area contributed by atoms with Gasteiger partial charge in [0.05, 0.1) is 13.0 Å². The second kappa shape index (κ2) is 5.84. The molecule has 0 spiro atoms. The van der Waals surface area contributed by atoms with Gasteiger partial charge in [0, 0.05) is 0 Å². The van der Waals surface area contributed by atoms with E-state index in [0.717, 1.165) is 0 Å². The summed E-state index contributed by atoms with van der Waals surface area (Å²) in [6.07, 6.45) is -4.77. The first-order valence-electron chi connectivity index (χ1n) is 3.57. The highest BCUT2D eigenvalue weighted by Crippen LogP contribution is 2.06. The average Bonchev–Trinajstić information content (AvgIpc) is 2.11. The van der Waals surface area contributed by atoms with Gasteiger partial charge in [0.15, 0.2) is 0 Å². The number of hydrogen-bond donors (Lipinski definition) is 5. The quantitative estimate of drug-likeness (QED) is 0.294. The number of rotatable bonds is 6. The number of hydrogen-bond acceptors (Lipinski definition) is 6. The first-order chi connectivity index (χ1) is 6.02. The molecule has 0 heterocycles. The topological polar surface area (TPSA) is 133 Å². The van der Waals surface area contributed by atoms with E-state index in [1.165, 1.54) is 0 Å². The zero-order valence-corrected chi connectivity index (χ0v) is 6.83. The Morgan fingerprint density at radius 3 is 2.31 bits per heavy atom. The summed E-state index contributed by atoms with van der Waals surface area (Å²) < 4.78 is 0. The molecule has 0 aromatic carbocycles. The van der Waals surface area contributed by atoms with E-state index >= 15 is 0 Å². The summed E-state index contributed by atoms with van der Waals surface area (Å²) in [6.45, 7) is -0.694. The maximum Gasteiger partial charge on any atom is 0.306 e. The molecule has 0 amide bonds. The third kappa shape index (κ3) is 4.15. The van der Waals surface area contributed by atoms with Gasteiger partial charge in [-0.2, -0.15) is 0 Å². The maximum atomic E-state index is 10.2. The third-order valence-corrected chi connectivity index (χ3v) is 1.51. The predicted molar refractivity (Wildman–Crippen MR) is 40.4 cm³/mol. The largest absolute Gasteiger partial charge is 0.481 e. The zero-order chi connectivity index (χ0) is 10.4. The highest BCUT2D eigenvalue weighted by Gasteiger charge is 2.28. The monoisotopic (exact) mass is 195 g/mol. The van der Waals surface area contributed by atoms with Gasteiger partial charge in [-0.25, -0.2) is 5.90 Å². The summed E-state index contributed by atoms with van der Waals surface area (Å²) in [5.41, 5.74) is 0. The van der Waals surface area contributed by atoms with Crippen LogP contribution in [0.4, 0.5) is 0 Å². The highest BCUT2D eigenvalue weighted by atomic mass is 16.6. The fourth-order valence-corrected chi connectivity index (χ4v) is 0.777. The molecule has 0 radical (unpaired) electrons. The number of carbonyl (C=O) groups is 1. The van der Waals surface area contributed by atoms with Crippen molar-refractivity contribution in [1.29, 1.82) is 0 Å². The number of aliphatic hydroxyl groups is 3. The van der Waals surface area contributed by atoms with Crippen LogP contribution in [0.5, 0.6) is 0 Å². The van der Waals surface area contributed by atoms with Gasteiger partial charge in [-0.1, -0.05) is 0 Å². The molecule has 3 atom stereocenters. The lowest BCUT2D eigenvalue weighted by Gasteiger charge is -2.22. The van der Waals surface area contributed by atoms with Gasteiger partial charge in [-0.3, -0.25) is 9.63 Å². The molecular weight excluding hydrogens is 182 g/mol. The summed E-state index contributed by atoms with van der Waals surface area (Å²) in [5.74, 6) is 3.48. The van der Waals surface area contributed by atoms with E-state index in [0.29, 0.717) is 0 Å². The Morgan fingerprint density at radius 1 is 1.46 bits per heavy atom. The van der Waals surface area contributed by atoms with Crippen molar-refractivity contribution in [3.8, 4) is 0 Å². The van der Waals surface area contributed by atoms with Crippen LogP contribution in [-0.2, 0) is 9.63 Å². The minimum Gasteiger partial charge on any atom is -0.481 e. The van der Waals surface area contributed by atoms with Crippen molar-refractivity contribution in [2.24, 2.45) is 5.90 Å². The fourth-order valence-electron chi connectivity index (χ4n) is 0.777. The smallest absolute Gasteiger partial charge is 0.306 e. The molecule has 7 nitrogen and oxygen atoms in total. The Kier molecular flexibility index (Phi) is 5.51. The molecule has 78 valence electrons. The van der Waals surface area contributed by atoms with Crippen LogP contribution in [-0.4, -0.2) is 51.3 Å². The van der Waals surface area contributed by atoms with Crippen molar-refractivity contribution in [3.63, 3.8) is 0 Å². The second-order valence-corrected chi connectivity index (χ2v) is 2.51. The SMILES string of the molecule is NO[C@@H](CC(=O)O)[C@@H](O)[C@H](O)CO. The van der Waals surface area contributed by atoms with Crippen molar-refractivity contribution in [2.75, 3.05) is 6.61 Å². The first-order valence-corrected chi connectivity index (χ1v) is 3.57. The van der Waals surface area contributed by atoms with E-state index in [-0.39, 0.29) is 0 Å². The molecule has 7 heteroatoms. The van der Waals surface area contributed by atoms with Crippen LogP contribution in [0.1, 0.15) is 6.42 Å². The molecule has 0 aliphatic carbocycles. The van der Waals surface area contributed by atoms with E-state index < -0.39 is 37.3 Å². The Hall–Kier alpha value is -0.730. The molecule has 0 aliphatic rings. The average molecular weight is 195 g/mol. The van der Waals surface area contributed by atoms with Gasteiger partial charge < -0.3 is 20.4 Å². The summed E-state index contributed by atoms with van der Waals surface area (Å²) in [5, 5.41) is 34.8. The van der Waals surface area contributed by atoms with Gasteiger partial charge in [0.2, 0.25) is 0 Å². The van der Waals surface area contributed by atoms with Crippen LogP contribution in [0.15, 0.2) is 0 Å². The van der Waals surface area contributed by atoms with Crippen LogP contribution >= 0.6 is 0 Å². The molecule has 0 aromatic heterocycles. The Labute approximate surface area is 74.3 Å². The lowest BCUT2D eigenvalue weighted by molar-refractivity contribution is -0.148. The van der Waals surface area contributed by atoms with Crippen LogP contribution in [0.25, 0.3) is 0 Å². The van der Waals surface area contributed by atoms with E-state index in [1.807, 2.05) is 0 Å². The lowest BCUT2D eigenvalue weighted by atomic mass is 10.1. The minimum absolute atomic E-state index is 0.547. The summed E-state index contributed by atoms with van der Waals surface area (Å²) >= 11 is 0. The number of carboxylic acids is 1. The van der Waals surface area contributed by atoms with Gasteiger partial charge in [0.25, 0.3) is 0 Å². The van der Waals surface area contributed by atoms with E-state index in [2.05, 4.69) is 4.84 Å². The van der Waals surface area contributed by atoms with Gasteiger partial charge in [-0.05, 0) is 0 Å². The number of aliphatic hydroxyl groups excluding tert-OH is 3. The number of aliphatic carboxylic acids is 1. The molecule has 0 fully saturated rings. The van der Waals surface area contributed by atoms with Gasteiger partial charge in [0.1, 0.15) is 18.3 Å². The van der Waals surface area contributed by atoms with E-state index in [4.69, 9.17) is 26.3 Å². The van der Waals surface area contributed by atoms with E-state index in [1.54, 1.807) is 0 Å². The summed E-state index contributed by atoms with van der Waals surface area (Å²) in [7, 11) is 0. The zero-order valence-electron chi connectivity index (χ0n) is 6.83. The molecule has 0 rings (SSSR count). The Morgan fingerprint density at radius 2 is 2.00 bits per heavy atom. The maximum absolute atomic E-state index is 10.2. The summed E-state index contributed by atoms with van der Waals surface area (Å²) in [6, 6.07) is 0. The second-order valence-electron chi connectivity index (χ2n) is 2.51. The van der Waals surface area contributed by atoms with Gasteiger partial charge in [-0.15, -0.1) is 0 Å². The van der Waals surface area contributed by atoms with Crippen molar-refractivity contribution in [1.82, 2.24) is 0 Å². The Balaban J connectivity index is 4.13. The molecule has 6 N–H and O–H groups in total.